The van der Waals surface area contributed by atoms with Gasteiger partial charge in [0.1, 0.15) is 0 Å². The molecule has 0 aliphatic heterocycles. The fourth-order valence-electron chi connectivity index (χ4n) is 1.65. The van der Waals surface area contributed by atoms with Crippen molar-refractivity contribution in [3.63, 3.8) is 0 Å². The van der Waals surface area contributed by atoms with Gasteiger partial charge < -0.3 is 10.3 Å². The molecule has 0 aliphatic rings. The molecule has 0 radical (unpaired) electrons. The normalized spacial score (nSPS) is 12.6. The number of hydrogen-bond donors (Lipinski definition) is 2. The van der Waals surface area contributed by atoms with Crippen LogP contribution in [0.3, 0.4) is 0 Å². The fourth-order valence-corrected chi connectivity index (χ4v) is 2.50. The molecule has 0 spiro atoms. The summed E-state index contributed by atoms with van der Waals surface area (Å²) in [5.74, 6) is -1.95. The zero-order chi connectivity index (χ0) is 14.7. The van der Waals surface area contributed by atoms with Gasteiger partial charge in [0.05, 0.1) is 16.3 Å². The number of nitrogens with zero attached hydrogens (tertiary/aromatic N) is 1. The maximum Gasteiger partial charge on any atom is 0.233 e. The number of fused-ring (bicyclic) bond motifs is 1. The first kappa shape index (κ1) is 14.8. The minimum atomic E-state index is -0.936. The van der Waals surface area contributed by atoms with E-state index in [1.165, 1.54) is 11.8 Å². The van der Waals surface area contributed by atoms with Crippen molar-refractivity contribution >= 4 is 28.7 Å². The third-order valence-electron chi connectivity index (χ3n) is 2.71. The van der Waals surface area contributed by atoms with Crippen molar-refractivity contribution in [3.05, 3.63) is 23.8 Å². The summed E-state index contributed by atoms with van der Waals surface area (Å²) in [6.45, 7) is 4.35. The molecule has 1 unspecified atom stereocenters. The molecule has 1 aromatic heterocycles. The number of hydrogen-bond acceptors (Lipinski definition) is 3. The Kier molecular flexibility index (Phi) is 4.59. The van der Waals surface area contributed by atoms with Crippen molar-refractivity contribution in [2.45, 2.75) is 30.7 Å². The summed E-state index contributed by atoms with van der Waals surface area (Å²) < 4.78 is 26.2. The van der Waals surface area contributed by atoms with Gasteiger partial charge in [-0.25, -0.2) is 13.8 Å². The third kappa shape index (κ3) is 3.27. The van der Waals surface area contributed by atoms with Gasteiger partial charge >= 0.3 is 0 Å². The van der Waals surface area contributed by atoms with Crippen LogP contribution in [0.1, 0.15) is 20.3 Å². The lowest BCUT2D eigenvalue weighted by Gasteiger charge is -2.09. The van der Waals surface area contributed by atoms with Crippen LogP contribution in [-0.4, -0.2) is 27.7 Å². The van der Waals surface area contributed by atoms with Crippen molar-refractivity contribution in [3.8, 4) is 0 Å². The molecule has 0 saturated heterocycles. The van der Waals surface area contributed by atoms with E-state index >= 15 is 0 Å². The topological polar surface area (TPSA) is 57.8 Å². The first-order valence-corrected chi connectivity index (χ1v) is 7.18. The van der Waals surface area contributed by atoms with E-state index in [1.807, 2.05) is 6.92 Å². The fraction of sp³-hybridized carbons (Fsp3) is 0.385. The third-order valence-corrected chi connectivity index (χ3v) is 3.69. The van der Waals surface area contributed by atoms with Crippen LogP contribution in [0.2, 0.25) is 0 Å². The van der Waals surface area contributed by atoms with Gasteiger partial charge in [0.15, 0.2) is 16.8 Å². The lowest BCUT2D eigenvalue weighted by atomic mass is 10.3. The van der Waals surface area contributed by atoms with Crippen LogP contribution < -0.4 is 5.32 Å². The average molecular weight is 299 g/mol. The highest BCUT2D eigenvalue weighted by Gasteiger charge is 2.16. The molecular weight excluding hydrogens is 284 g/mol. The number of carbonyl (C=O) groups is 1. The number of rotatable bonds is 5. The van der Waals surface area contributed by atoms with Gasteiger partial charge in [-0.3, -0.25) is 4.79 Å². The number of benzene rings is 1. The number of imidazole rings is 1. The number of nitrogens with one attached hydrogen (secondary N) is 2. The van der Waals surface area contributed by atoms with Crippen molar-refractivity contribution in [1.82, 2.24) is 15.3 Å². The van der Waals surface area contributed by atoms with Gasteiger partial charge in [-0.2, -0.15) is 0 Å². The molecule has 0 fully saturated rings. The molecule has 20 heavy (non-hydrogen) atoms. The van der Waals surface area contributed by atoms with Crippen LogP contribution in [0.4, 0.5) is 8.78 Å². The Hall–Kier alpha value is -1.63. The molecule has 0 bridgehead atoms. The summed E-state index contributed by atoms with van der Waals surface area (Å²) in [5.41, 5.74) is 0.750. The minimum absolute atomic E-state index is 0.0883. The van der Waals surface area contributed by atoms with Gasteiger partial charge in [0, 0.05) is 18.7 Å². The van der Waals surface area contributed by atoms with E-state index < -0.39 is 11.6 Å². The second kappa shape index (κ2) is 6.21. The highest BCUT2D eigenvalue weighted by molar-refractivity contribution is 8.00. The van der Waals surface area contributed by atoms with E-state index in [4.69, 9.17) is 0 Å². The Morgan fingerprint density at radius 2 is 2.15 bits per heavy atom. The number of halogens is 2. The Morgan fingerprint density at radius 1 is 1.45 bits per heavy atom. The second-order valence-electron chi connectivity index (χ2n) is 4.38. The maximum absolute atomic E-state index is 13.1. The number of H-pyrrole nitrogens is 1. The molecular formula is C13H15F2N3OS. The summed E-state index contributed by atoms with van der Waals surface area (Å²) >= 11 is 1.22. The van der Waals surface area contributed by atoms with Gasteiger partial charge in [0.2, 0.25) is 5.91 Å². The van der Waals surface area contributed by atoms with Crippen molar-refractivity contribution in [1.29, 1.82) is 0 Å². The molecule has 7 heteroatoms. The highest BCUT2D eigenvalue weighted by Crippen LogP contribution is 2.24. The summed E-state index contributed by atoms with van der Waals surface area (Å²) in [6.07, 6.45) is 0.867. The summed E-state index contributed by atoms with van der Waals surface area (Å²) in [6, 6.07) is 2.09. The highest BCUT2D eigenvalue weighted by atomic mass is 32.2. The van der Waals surface area contributed by atoms with Crippen LogP contribution in [0.25, 0.3) is 11.0 Å². The second-order valence-corrected chi connectivity index (χ2v) is 5.71. The lowest BCUT2D eigenvalue weighted by Crippen LogP contribution is -2.31. The van der Waals surface area contributed by atoms with Gasteiger partial charge in [-0.15, -0.1) is 0 Å². The molecule has 0 saturated carbocycles. The molecule has 0 aliphatic carbocycles. The van der Waals surface area contributed by atoms with Crippen LogP contribution in [0.5, 0.6) is 0 Å². The predicted octanol–water partition coefficient (Wildman–Crippen LogP) is 2.85. The smallest absolute Gasteiger partial charge is 0.233 e. The molecule has 2 N–H and O–H groups in total. The molecule has 2 aromatic rings. The molecule has 1 atom stereocenters. The van der Waals surface area contributed by atoms with Crippen LogP contribution >= 0.6 is 11.8 Å². The average Bonchev–Trinajstić information content (AvgIpc) is 2.77. The molecule has 108 valence electrons. The lowest BCUT2D eigenvalue weighted by molar-refractivity contribution is -0.120. The van der Waals surface area contributed by atoms with Gasteiger partial charge in [0.25, 0.3) is 0 Å². The quantitative estimate of drug-likeness (QED) is 0.835. The van der Waals surface area contributed by atoms with Crippen molar-refractivity contribution in [2.75, 3.05) is 6.54 Å². The summed E-state index contributed by atoms with van der Waals surface area (Å²) in [7, 11) is 0. The van der Waals surface area contributed by atoms with Crippen molar-refractivity contribution in [2.24, 2.45) is 0 Å². The Bertz CT molecular complexity index is 590. The van der Waals surface area contributed by atoms with E-state index in [1.54, 1.807) is 6.92 Å². The van der Waals surface area contributed by atoms with E-state index in [9.17, 15) is 13.6 Å². The maximum atomic E-state index is 13.1. The van der Waals surface area contributed by atoms with Crippen LogP contribution in [-0.2, 0) is 4.79 Å². The van der Waals surface area contributed by atoms with Gasteiger partial charge in [-0.1, -0.05) is 18.7 Å². The summed E-state index contributed by atoms with van der Waals surface area (Å²) in [5, 5.41) is 2.91. The molecule has 1 amide bonds. The largest absolute Gasteiger partial charge is 0.355 e. The standard InChI is InChI=1S/C13H15F2N3OS/c1-3-4-16-12(19)7(2)20-13-17-10-5-8(14)9(15)6-11(10)18-13/h5-7H,3-4H2,1-2H3,(H,16,19)(H,17,18). The van der Waals surface area contributed by atoms with E-state index in [2.05, 4.69) is 15.3 Å². The van der Waals surface area contributed by atoms with Crippen LogP contribution in [0.15, 0.2) is 17.3 Å². The zero-order valence-corrected chi connectivity index (χ0v) is 12.0. The minimum Gasteiger partial charge on any atom is -0.355 e. The predicted molar refractivity (Wildman–Crippen MR) is 74.6 cm³/mol. The Balaban J connectivity index is 2.12. The SMILES string of the molecule is CCCNC(=O)C(C)Sc1nc2cc(F)c(F)cc2[nH]1. The zero-order valence-electron chi connectivity index (χ0n) is 11.2. The van der Waals surface area contributed by atoms with E-state index in [0.717, 1.165) is 18.6 Å². The number of aromatic amines is 1. The number of thioether (sulfide) groups is 1. The van der Waals surface area contributed by atoms with E-state index in [0.29, 0.717) is 22.7 Å². The monoisotopic (exact) mass is 299 g/mol. The molecule has 2 rings (SSSR count). The van der Waals surface area contributed by atoms with Gasteiger partial charge in [-0.05, 0) is 13.3 Å². The van der Waals surface area contributed by atoms with E-state index in [-0.39, 0.29) is 11.2 Å². The first-order valence-electron chi connectivity index (χ1n) is 6.30. The van der Waals surface area contributed by atoms with Crippen LogP contribution in [0, 0.1) is 11.6 Å². The number of amides is 1. The molecule has 1 heterocycles. The number of carbonyl (C=O) groups excluding carboxylic acids is 1. The molecule has 4 nitrogen and oxygen atoms in total. The summed E-state index contributed by atoms with van der Waals surface area (Å²) in [4.78, 5) is 18.7. The Labute approximate surface area is 119 Å². The first-order chi connectivity index (χ1) is 9.51. The van der Waals surface area contributed by atoms with Crippen molar-refractivity contribution < 1.29 is 13.6 Å². The Morgan fingerprint density at radius 3 is 2.85 bits per heavy atom. The molecule has 1 aromatic carbocycles. The number of aromatic nitrogens is 2.